The fourth-order valence-electron chi connectivity index (χ4n) is 2.71. The van der Waals surface area contributed by atoms with Gasteiger partial charge >= 0.3 is 6.03 Å². The molecule has 1 saturated heterocycles. The molecule has 1 fully saturated rings. The molecular formula is C16H18F2N4OS. The van der Waals surface area contributed by atoms with Crippen molar-refractivity contribution < 1.29 is 13.6 Å². The molecule has 0 saturated carbocycles. The molecule has 8 heteroatoms. The van der Waals surface area contributed by atoms with Crippen molar-refractivity contribution in [2.45, 2.75) is 13.3 Å². The van der Waals surface area contributed by atoms with E-state index in [1.807, 2.05) is 17.2 Å². The number of rotatable bonds is 4. The molecule has 3 rings (SSSR count). The van der Waals surface area contributed by atoms with Crippen LogP contribution >= 0.6 is 11.3 Å². The zero-order chi connectivity index (χ0) is 17.1. The van der Waals surface area contributed by atoms with Gasteiger partial charge in [-0.15, -0.1) is 11.3 Å². The molecule has 2 amide bonds. The summed E-state index contributed by atoms with van der Waals surface area (Å²) in [6.45, 7) is 3.84. The lowest BCUT2D eigenvalue weighted by Crippen LogP contribution is -2.34. The van der Waals surface area contributed by atoms with Gasteiger partial charge < -0.3 is 10.2 Å². The van der Waals surface area contributed by atoms with Crippen LogP contribution in [-0.2, 0) is 0 Å². The van der Waals surface area contributed by atoms with Gasteiger partial charge in [0.05, 0.1) is 5.69 Å². The van der Waals surface area contributed by atoms with Gasteiger partial charge in [-0.25, -0.2) is 18.6 Å². The Morgan fingerprint density at radius 1 is 1.42 bits per heavy atom. The van der Waals surface area contributed by atoms with Gasteiger partial charge in [0.15, 0.2) is 16.8 Å². The number of urea groups is 1. The second-order valence-corrected chi connectivity index (χ2v) is 6.69. The van der Waals surface area contributed by atoms with Gasteiger partial charge in [-0.3, -0.25) is 5.32 Å². The van der Waals surface area contributed by atoms with Crippen LogP contribution in [0.5, 0.6) is 0 Å². The number of benzene rings is 1. The van der Waals surface area contributed by atoms with Crippen LogP contribution in [0.15, 0.2) is 23.6 Å². The van der Waals surface area contributed by atoms with Crippen molar-refractivity contribution in [2.24, 2.45) is 5.92 Å². The zero-order valence-corrected chi connectivity index (χ0v) is 14.0. The van der Waals surface area contributed by atoms with Crippen molar-refractivity contribution >= 4 is 28.2 Å². The molecule has 1 aliphatic heterocycles. The molecule has 24 heavy (non-hydrogen) atoms. The van der Waals surface area contributed by atoms with E-state index in [0.717, 1.165) is 24.7 Å². The minimum Gasteiger partial charge on any atom is -0.371 e. The van der Waals surface area contributed by atoms with Gasteiger partial charge in [-0.05, 0) is 31.4 Å². The zero-order valence-electron chi connectivity index (χ0n) is 13.2. The molecular weight excluding hydrogens is 334 g/mol. The highest BCUT2D eigenvalue weighted by atomic mass is 32.1. The molecule has 1 aromatic heterocycles. The lowest BCUT2D eigenvalue weighted by Gasteiger charge is -2.19. The number of halogens is 2. The van der Waals surface area contributed by atoms with Crippen LogP contribution in [0.4, 0.5) is 24.4 Å². The second-order valence-electron chi connectivity index (χ2n) is 5.83. The lowest BCUT2D eigenvalue weighted by molar-refractivity contribution is 0.250. The maximum absolute atomic E-state index is 13.3. The Kier molecular flexibility index (Phi) is 4.94. The summed E-state index contributed by atoms with van der Waals surface area (Å²) in [5, 5.41) is 7.96. The largest absolute Gasteiger partial charge is 0.371 e. The first kappa shape index (κ1) is 16.6. The van der Waals surface area contributed by atoms with Crippen molar-refractivity contribution in [1.29, 1.82) is 0 Å². The van der Waals surface area contributed by atoms with Crippen molar-refractivity contribution in [2.75, 3.05) is 29.9 Å². The molecule has 0 spiro atoms. The van der Waals surface area contributed by atoms with Gasteiger partial charge in [0, 0.05) is 36.8 Å². The molecule has 0 aliphatic carbocycles. The van der Waals surface area contributed by atoms with Gasteiger partial charge in [0.1, 0.15) is 0 Å². The first-order valence-electron chi connectivity index (χ1n) is 7.68. The Bertz CT molecular complexity index is 737. The lowest BCUT2D eigenvalue weighted by atomic mass is 10.1. The quantitative estimate of drug-likeness (QED) is 0.887. The first-order chi connectivity index (χ1) is 11.5. The molecule has 5 nitrogen and oxygen atoms in total. The molecule has 0 bridgehead atoms. The summed E-state index contributed by atoms with van der Waals surface area (Å²) in [7, 11) is 0. The highest BCUT2D eigenvalue weighted by Crippen LogP contribution is 2.25. The Morgan fingerprint density at radius 3 is 2.96 bits per heavy atom. The van der Waals surface area contributed by atoms with Crippen molar-refractivity contribution in [1.82, 2.24) is 10.3 Å². The van der Waals surface area contributed by atoms with Crippen LogP contribution in [0.2, 0.25) is 0 Å². The minimum absolute atomic E-state index is 0.266. The number of anilines is 2. The summed E-state index contributed by atoms with van der Waals surface area (Å²) in [5.41, 5.74) is 1.53. The number of hydrogen-bond acceptors (Lipinski definition) is 4. The smallest absolute Gasteiger partial charge is 0.321 e. The Morgan fingerprint density at radius 2 is 2.25 bits per heavy atom. The van der Waals surface area contributed by atoms with E-state index in [-0.39, 0.29) is 11.9 Å². The molecule has 2 aromatic rings. The van der Waals surface area contributed by atoms with Gasteiger partial charge in [0.25, 0.3) is 0 Å². The minimum atomic E-state index is -0.842. The van der Waals surface area contributed by atoms with Crippen molar-refractivity contribution in [3.8, 4) is 0 Å². The summed E-state index contributed by atoms with van der Waals surface area (Å²) >= 11 is 1.38. The van der Waals surface area contributed by atoms with Crippen molar-refractivity contribution in [3.05, 3.63) is 40.9 Å². The molecule has 128 valence electrons. The number of aryl methyl sites for hydroxylation is 1. The summed E-state index contributed by atoms with van der Waals surface area (Å²) in [6, 6.07) is 3.64. The monoisotopic (exact) mass is 352 g/mol. The predicted octanol–water partition coefficient (Wildman–Crippen LogP) is 3.38. The molecule has 0 radical (unpaired) electrons. The van der Waals surface area contributed by atoms with Crippen LogP contribution in [0.1, 0.15) is 12.1 Å². The van der Waals surface area contributed by atoms with Gasteiger partial charge in [0.2, 0.25) is 0 Å². The molecule has 1 aromatic carbocycles. The van der Waals surface area contributed by atoms with Crippen LogP contribution < -0.4 is 15.5 Å². The molecule has 1 atom stereocenters. The topological polar surface area (TPSA) is 57.3 Å². The first-order valence-corrected chi connectivity index (χ1v) is 8.56. The number of nitrogens with zero attached hydrogens (tertiary/aromatic N) is 2. The average molecular weight is 352 g/mol. The van der Waals surface area contributed by atoms with E-state index in [0.29, 0.717) is 23.9 Å². The second kappa shape index (κ2) is 7.12. The summed E-state index contributed by atoms with van der Waals surface area (Å²) in [6.07, 6.45) is 0.885. The number of hydrogen-bond donors (Lipinski definition) is 2. The number of nitrogens with one attached hydrogen (secondary N) is 2. The van der Waals surface area contributed by atoms with Crippen molar-refractivity contribution in [3.63, 3.8) is 0 Å². The van der Waals surface area contributed by atoms with Crippen LogP contribution in [0, 0.1) is 24.5 Å². The van der Waals surface area contributed by atoms with Gasteiger partial charge in [-0.1, -0.05) is 0 Å². The summed E-state index contributed by atoms with van der Waals surface area (Å²) in [5.74, 6) is -1.42. The molecule has 1 aliphatic rings. The third-order valence-electron chi connectivity index (χ3n) is 3.94. The van der Waals surface area contributed by atoms with Crippen LogP contribution in [0.3, 0.4) is 0 Å². The maximum Gasteiger partial charge on any atom is 0.321 e. The SMILES string of the molecule is Cc1csc(NC(=O)NCC2CCN(c3ccc(F)c(F)c3)C2)n1. The standard InChI is InChI=1S/C16H18F2N4OS/c1-10-9-24-16(20-10)21-15(23)19-7-11-4-5-22(8-11)12-2-3-13(17)14(18)6-12/h2-3,6,9,11H,4-5,7-8H2,1H3,(H2,19,20,21,23). The number of amides is 2. The molecule has 1 unspecified atom stereocenters. The van der Waals surface area contributed by atoms with E-state index in [1.165, 1.54) is 17.4 Å². The Labute approximate surface area is 142 Å². The average Bonchev–Trinajstić information content (AvgIpc) is 3.17. The highest BCUT2D eigenvalue weighted by molar-refractivity contribution is 7.13. The van der Waals surface area contributed by atoms with E-state index in [9.17, 15) is 13.6 Å². The predicted molar refractivity (Wildman–Crippen MR) is 90.6 cm³/mol. The maximum atomic E-state index is 13.3. The molecule has 2 heterocycles. The fraction of sp³-hybridized carbons (Fsp3) is 0.375. The fourth-order valence-corrected chi connectivity index (χ4v) is 3.39. The van der Waals surface area contributed by atoms with Crippen LogP contribution in [0.25, 0.3) is 0 Å². The summed E-state index contributed by atoms with van der Waals surface area (Å²) < 4.78 is 26.3. The Balaban J connectivity index is 1.47. The third-order valence-corrected chi connectivity index (χ3v) is 4.82. The van der Waals surface area contributed by atoms with E-state index in [1.54, 1.807) is 6.07 Å². The third kappa shape index (κ3) is 4.00. The van der Waals surface area contributed by atoms with E-state index >= 15 is 0 Å². The van der Waals surface area contributed by atoms with E-state index in [2.05, 4.69) is 15.6 Å². The van der Waals surface area contributed by atoms with Crippen LogP contribution in [-0.4, -0.2) is 30.6 Å². The Hall–Kier alpha value is -2.22. The number of aromatic nitrogens is 1. The molecule has 2 N–H and O–H groups in total. The number of carbonyl (C=O) groups excluding carboxylic acids is 1. The number of carbonyl (C=O) groups is 1. The normalized spacial score (nSPS) is 17.1. The van der Waals surface area contributed by atoms with Gasteiger partial charge in [-0.2, -0.15) is 0 Å². The highest BCUT2D eigenvalue weighted by Gasteiger charge is 2.23. The number of thiazole rings is 1. The van der Waals surface area contributed by atoms with E-state index in [4.69, 9.17) is 0 Å². The summed E-state index contributed by atoms with van der Waals surface area (Å²) in [4.78, 5) is 18.0. The van der Waals surface area contributed by atoms with E-state index < -0.39 is 11.6 Å².